The summed E-state index contributed by atoms with van der Waals surface area (Å²) in [4.78, 5) is 14.4. The van der Waals surface area contributed by atoms with E-state index in [4.69, 9.17) is 5.11 Å². The zero-order valence-corrected chi connectivity index (χ0v) is 9.55. The quantitative estimate of drug-likeness (QED) is 0.910. The van der Waals surface area contributed by atoms with Crippen LogP contribution in [0.4, 0.5) is 13.2 Å². The maximum atomic E-state index is 12.5. The van der Waals surface area contributed by atoms with Gasteiger partial charge in [-0.05, 0) is 12.1 Å². The number of rotatable bonds is 2. The highest BCUT2D eigenvalue weighted by atomic mass is 32.1. The third kappa shape index (κ3) is 2.51. The van der Waals surface area contributed by atoms with Gasteiger partial charge in [0.05, 0.1) is 5.56 Å². The Balaban J connectivity index is 2.41. The van der Waals surface area contributed by atoms with Crippen molar-refractivity contribution in [3.8, 4) is 10.6 Å². The molecule has 0 spiro atoms. The third-order valence-corrected chi connectivity index (χ3v) is 3.05. The number of carboxylic acids is 1. The van der Waals surface area contributed by atoms with E-state index in [2.05, 4.69) is 4.98 Å². The molecule has 0 saturated carbocycles. The molecule has 0 amide bonds. The van der Waals surface area contributed by atoms with E-state index in [0.29, 0.717) is 0 Å². The van der Waals surface area contributed by atoms with Crippen molar-refractivity contribution in [1.29, 1.82) is 0 Å². The van der Waals surface area contributed by atoms with Gasteiger partial charge in [-0.25, -0.2) is 9.78 Å². The number of aromatic nitrogens is 1. The van der Waals surface area contributed by atoms with Crippen LogP contribution in [-0.4, -0.2) is 16.1 Å². The average Bonchev–Trinajstić information content (AvgIpc) is 2.77. The fraction of sp³-hybridized carbons (Fsp3) is 0.0909. The number of carbonyl (C=O) groups is 1. The van der Waals surface area contributed by atoms with Crippen LogP contribution in [0.5, 0.6) is 0 Å². The first-order chi connectivity index (χ1) is 8.38. The second kappa shape index (κ2) is 4.41. The van der Waals surface area contributed by atoms with E-state index in [1.165, 1.54) is 17.5 Å². The molecule has 1 aromatic heterocycles. The molecule has 1 heterocycles. The molecule has 0 aliphatic heterocycles. The van der Waals surface area contributed by atoms with Gasteiger partial charge >= 0.3 is 12.1 Å². The summed E-state index contributed by atoms with van der Waals surface area (Å²) in [7, 11) is 0. The van der Waals surface area contributed by atoms with Gasteiger partial charge in [-0.1, -0.05) is 12.1 Å². The largest absolute Gasteiger partial charge is 0.476 e. The van der Waals surface area contributed by atoms with Gasteiger partial charge < -0.3 is 5.11 Å². The normalized spacial score (nSPS) is 11.5. The summed E-state index contributed by atoms with van der Waals surface area (Å²) in [6.45, 7) is 0. The lowest BCUT2D eigenvalue weighted by Crippen LogP contribution is -2.04. The van der Waals surface area contributed by atoms with Gasteiger partial charge in [-0.3, -0.25) is 0 Å². The minimum absolute atomic E-state index is 0.174. The van der Waals surface area contributed by atoms with Crippen molar-refractivity contribution >= 4 is 17.3 Å². The summed E-state index contributed by atoms with van der Waals surface area (Å²) < 4.78 is 37.5. The van der Waals surface area contributed by atoms with Gasteiger partial charge in [-0.2, -0.15) is 13.2 Å². The molecular weight excluding hydrogens is 267 g/mol. The Morgan fingerprint density at radius 3 is 2.61 bits per heavy atom. The van der Waals surface area contributed by atoms with E-state index >= 15 is 0 Å². The van der Waals surface area contributed by atoms with Gasteiger partial charge in [0.15, 0.2) is 5.69 Å². The number of benzene rings is 1. The number of carboxylic acid groups (broad SMARTS) is 1. The number of halogens is 3. The van der Waals surface area contributed by atoms with Gasteiger partial charge in [0.25, 0.3) is 0 Å². The Kier molecular flexibility index (Phi) is 3.08. The molecule has 7 heteroatoms. The second-order valence-electron chi connectivity index (χ2n) is 3.42. The van der Waals surface area contributed by atoms with Gasteiger partial charge in [0.1, 0.15) is 5.01 Å². The molecular formula is C11H6F3NO2S. The molecule has 0 aliphatic rings. The number of thiazole rings is 1. The predicted molar refractivity (Wildman–Crippen MR) is 59.5 cm³/mol. The fourth-order valence-electron chi connectivity index (χ4n) is 1.33. The van der Waals surface area contributed by atoms with Gasteiger partial charge in [0.2, 0.25) is 0 Å². The number of alkyl halides is 3. The number of nitrogens with zero attached hydrogens (tertiary/aromatic N) is 1. The molecule has 1 N–H and O–H groups in total. The smallest absolute Gasteiger partial charge is 0.416 e. The maximum absolute atomic E-state index is 12.5. The Labute approximate surface area is 104 Å². The van der Waals surface area contributed by atoms with Crippen LogP contribution in [0, 0.1) is 0 Å². The van der Waals surface area contributed by atoms with Gasteiger partial charge in [-0.15, -0.1) is 11.3 Å². The molecule has 2 aromatic rings. The van der Waals surface area contributed by atoms with Crippen molar-refractivity contribution in [3.05, 3.63) is 40.9 Å². The zero-order chi connectivity index (χ0) is 13.3. The van der Waals surface area contributed by atoms with Crippen LogP contribution < -0.4 is 0 Å². The molecule has 0 atom stereocenters. The Hall–Kier alpha value is -1.89. The van der Waals surface area contributed by atoms with Crippen molar-refractivity contribution in [1.82, 2.24) is 4.98 Å². The summed E-state index contributed by atoms with van der Waals surface area (Å²) >= 11 is 0.991. The molecule has 0 aliphatic carbocycles. The zero-order valence-electron chi connectivity index (χ0n) is 8.73. The molecule has 94 valence electrons. The van der Waals surface area contributed by atoms with Crippen molar-refractivity contribution in [3.63, 3.8) is 0 Å². The first-order valence-corrected chi connectivity index (χ1v) is 5.62. The molecule has 0 saturated heterocycles. The third-order valence-electron chi connectivity index (χ3n) is 2.16. The first kappa shape index (κ1) is 12.6. The SMILES string of the molecule is O=C(O)c1csc(-c2cccc(C(F)(F)F)c2)n1. The highest BCUT2D eigenvalue weighted by molar-refractivity contribution is 7.13. The lowest BCUT2D eigenvalue weighted by Gasteiger charge is -2.07. The van der Waals surface area contributed by atoms with Crippen LogP contribution in [-0.2, 0) is 6.18 Å². The molecule has 3 nitrogen and oxygen atoms in total. The lowest BCUT2D eigenvalue weighted by atomic mass is 10.1. The highest BCUT2D eigenvalue weighted by Crippen LogP contribution is 2.32. The first-order valence-electron chi connectivity index (χ1n) is 4.74. The predicted octanol–water partition coefficient (Wildman–Crippen LogP) is 3.53. The van der Waals surface area contributed by atoms with Crippen molar-refractivity contribution in [2.24, 2.45) is 0 Å². The lowest BCUT2D eigenvalue weighted by molar-refractivity contribution is -0.137. The van der Waals surface area contributed by atoms with Crippen LogP contribution in [0.3, 0.4) is 0 Å². The maximum Gasteiger partial charge on any atom is 0.416 e. The number of hydrogen-bond acceptors (Lipinski definition) is 3. The van der Waals surface area contributed by atoms with Crippen molar-refractivity contribution in [2.45, 2.75) is 6.18 Å². The second-order valence-corrected chi connectivity index (χ2v) is 4.28. The Morgan fingerprint density at radius 2 is 2.06 bits per heavy atom. The van der Waals surface area contributed by atoms with E-state index in [9.17, 15) is 18.0 Å². The van der Waals surface area contributed by atoms with Crippen LogP contribution in [0.1, 0.15) is 16.1 Å². The van der Waals surface area contributed by atoms with E-state index < -0.39 is 17.7 Å². The summed E-state index contributed by atoms with van der Waals surface area (Å²) in [6.07, 6.45) is -4.43. The molecule has 0 unspecified atom stereocenters. The molecule has 1 aromatic carbocycles. The summed E-state index contributed by atoms with van der Waals surface area (Å²) in [5.74, 6) is -1.20. The Bertz CT molecular complexity index is 592. The minimum atomic E-state index is -4.43. The molecule has 18 heavy (non-hydrogen) atoms. The molecule has 0 fully saturated rings. The summed E-state index contributed by atoms with van der Waals surface area (Å²) in [5.41, 5.74) is -0.707. The molecule has 0 bridgehead atoms. The monoisotopic (exact) mass is 273 g/mol. The van der Waals surface area contributed by atoms with Crippen molar-refractivity contribution < 1.29 is 23.1 Å². The van der Waals surface area contributed by atoms with E-state index in [0.717, 1.165) is 23.5 Å². The summed E-state index contributed by atoms with van der Waals surface area (Å²) in [5, 5.41) is 10.2. The van der Waals surface area contributed by atoms with Crippen LogP contribution >= 0.6 is 11.3 Å². The molecule has 2 rings (SSSR count). The Morgan fingerprint density at radius 1 is 1.33 bits per heavy atom. The van der Waals surface area contributed by atoms with Crippen LogP contribution in [0.25, 0.3) is 10.6 Å². The van der Waals surface area contributed by atoms with Crippen molar-refractivity contribution in [2.75, 3.05) is 0 Å². The standard InChI is InChI=1S/C11H6F3NO2S/c12-11(13,14)7-3-1-2-6(4-7)9-15-8(5-18-9)10(16)17/h1-5H,(H,16,17). The van der Waals surface area contributed by atoms with E-state index in [1.807, 2.05) is 0 Å². The highest BCUT2D eigenvalue weighted by Gasteiger charge is 2.30. The van der Waals surface area contributed by atoms with E-state index in [-0.39, 0.29) is 16.3 Å². The summed E-state index contributed by atoms with van der Waals surface area (Å²) in [6, 6.07) is 4.62. The van der Waals surface area contributed by atoms with E-state index in [1.54, 1.807) is 0 Å². The fourth-order valence-corrected chi connectivity index (χ4v) is 2.12. The number of hydrogen-bond donors (Lipinski definition) is 1. The van der Waals surface area contributed by atoms with Gasteiger partial charge in [0, 0.05) is 10.9 Å². The van der Waals surface area contributed by atoms with Crippen LogP contribution in [0.2, 0.25) is 0 Å². The average molecular weight is 273 g/mol. The topological polar surface area (TPSA) is 50.2 Å². The number of aromatic carboxylic acids is 1. The minimum Gasteiger partial charge on any atom is -0.476 e. The molecule has 0 radical (unpaired) electrons. The van der Waals surface area contributed by atoms with Crippen LogP contribution in [0.15, 0.2) is 29.6 Å².